The summed E-state index contributed by atoms with van der Waals surface area (Å²) in [6, 6.07) is 9.32. The smallest absolute Gasteiger partial charge is 0.220 e. The molecule has 1 aliphatic rings. The molecule has 1 aliphatic heterocycles. The Morgan fingerprint density at radius 1 is 1.00 bits per heavy atom. The second-order valence-corrected chi connectivity index (χ2v) is 8.52. The van der Waals surface area contributed by atoms with E-state index in [0.29, 0.717) is 26.2 Å². The summed E-state index contributed by atoms with van der Waals surface area (Å²) < 4.78 is 5.43. The lowest BCUT2D eigenvalue weighted by Crippen LogP contribution is -2.49. The average Bonchev–Trinajstić information content (AvgIpc) is 2.78. The van der Waals surface area contributed by atoms with Crippen molar-refractivity contribution in [3.8, 4) is 0 Å². The van der Waals surface area contributed by atoms with Crippen LogP contribution in [0.1, 0.15) is 82.8 Å². The number of ether oxygens (including phenoxy) is 1. The van der Waals surface area contributed by atoms with E-state index < -0.39 is 6.10 Å². The van der Waals surface area contributed by atoms with Crippen LogP contribution >= 0.6 is 0 Å². The summed E-state index contributed by atoms with van der Waals surface area (Å²) in [6.45, 7) is 5.98. The number of rotatable bonds is 15. The fourth-order valence-corrected chi connectivity index (χ4v) is 4.04. The maximum absolute atomic E-state index is 12.6. The molecule has 0 saturated carbocycles. The zero-order chi connectivity index (χ0) is 21.4. The topological polar surface area (TPSA) is 61.8 Å². The van der Waals surface area contributed by atoms with Crippen molar-refractivity contribution in [3.05, 3.63) is 35.9 Å². The number of unbranched alkanes of at least 4 members (excludes halogenated alkanes) is 8. The normalized spacial score (nSPS) is 16.9. The van der Waals surface area contributed by atoms with Gasteiger partial charge in [-0.05, 0) is 12.0 Å². The van der Waals surface area contributed by atoms with Crippen LogP contribution in [-0.2, 0) is 9.53 Å². The predicted octanol–water partition coefficient (Wildman–Crippen LogP) is 4.46. The Morgan fingerprint density at radius 3 is 2.23 bits per heavy atom. The highest BCUT2D eigenvalue weighted by Gasteiger charge is 2.26. The van der Waals surface area contributed by atoms with Crippen LogP contribution < -0.4 is 5.32 Å². The van der Waals surface area contributed by atoms with Crippen molar-refractivity contribution >= 4 is 5.91 Å². The monoisotopic (exact) mass is 418 g/mol. The van der Waals surface area contributed by atoms with Crippen LogP contribution in [0, 0.1) is 0 Å². The Balaban J connectivity index is 1.73. The van der Waals surface area contributed by atoms with Gasteiger partial charge >= 0.3 is 0 Å². The Labute approximate surface area is 183 Å². The van der Waals surface area contributed by atoms with Crippen molar-refractivity contribution < 1.29 is 14.6 Å². The van der Waals surface area contributed by atoms with Crippen molar-refractivity contribution in [1.29, 1.82) is 0 Å². The van der Waals surface area contributed by atoms with Crippen molar-refractivity contribution in [2.45, 2.75) is 83.3 Å². The van der Waals surface area contributed by atoms with E-state index in [4.69, 9.17) is 4.74 Å². The molecule has 1 amide bonds. The number of aliphatic hydroxyl groups is 1. The Kier molecular flexibility index (Phi) is 12.7. The summed E-state index contributed by atoms with van der Waals surface area (Å²) in [5.74, 6) is 0.0474. The minimum Gasteiger partial charge on any atom is -0.386 e. The molecule has 2 N–H and O–H groups in total. The largest absolute Gasteiger partial charge is 0.386 e. The molecule has 2 atom stereocenters. The van der Waals surface area contributed by atoms with Crippen LogP contribution in [-0.4, -0.2) is 54.8 Å². The van der Waals surface area contributed by atoms with Crippen LogP contribution in [0.25, 0.3) is 0 Å². The Bertz CT molecular complexity index is 561. The molecule has 1 heterocycles. The number of hydrogen-bond acceptors (Lipinski definition) is 4. The van der Waals surface area contributed by atoms with Crippen LogP contribution in [0.5, 0.6) is 0 Å². The summed E-state index contributed by atoms with van der Waals surface area (Å²) >= 11 is 0. The summed E-state index contributed by atoms with van der Waals surface area (Å²) in [6.07, 6.45) is 11.0. The quantitative estimate of drug-likeness (QED) is 0.413. The highest BCUT2D eigenvalue weighted by atomic mass is 16.5. The van der Waals surface area contributed by atoms with E-state index in [0.717, 1.165) is 31.5 Å². The molecule has 0 aromatic heterocycles. The molecule has 0 radical (unpaired) electrons. The van der Waals surface area contributed by atoms with Crippen molar-refractivity contribution in [2.24, 2.45) is 0 Å². The van der Waals surface area contributed by atoms with E-state index in [1.165, 1.54) is 44.9 Å². The molecule has 1 aromatic rings. The van der Waals surface area contributed by atoms with Gasteiger partial charge in [-0.15, -0.1) is 0 Å². The zero-order valence-electron chi connectivity index (χ0n) is 18.9. The van der Waals surface area contributed by atoms with Crippen LogP contribution in [0.4, 0.5) is 0 Å². The molecule has 1 fully saturated rings. The van der Waals surface area contributed by atoms with Crippen molar-refractivity contribution in [2.75, 3.05) is 32.8 Å². The number of amides is 1. The number of carbonyl (C=O) groups excluding carboxylic acids is 1. The van der Waals surface area contributed by atoms with Gasteiger partial charge in [0.05, 0.1) is 19.3 Å². The third-order valence-corrected chi connectivity index (χ3v) is 5.93. The summed E-state index contributed by atoms with van der Waals surface area (Å²) in [5.41, 5.74) is 0.846. The third kappa shape index (κ3) is 10.1. The first-order valence-corrected chi connectivity index (χ1v) is 12.0. The number of nitrogens with zero attached hydrogens (tertiary/aromatic N) is 1. The fourth-order valence-electron chi connectivity index (χ4n) is 4.04. The van der Waals surface area contributed by atoms with Crippen LogP contribution in [0.15, 0.2) is 30.3 Å². The standard InChI is InChI=1S/C25H42N2O3/c1-2-3-4-5-6-7-8-9-13-16-24(28)26-23(21-27-17-19-30-20-18-27)25(29)22-14-11-10-12-15-22/h10-12,14-15,23,25,29H,2-9,13,16-21H2,1H3,(H,26,28)/t23-,25-/m1/s1. The van der Waals surface area contributed by atoms with Gasteiger partial charge < -0.3 is 15.2 Å². The minimum atomic E-state index is -0.707. The maximum atomic E-state index is 12.6. The van der Waals surface area contributed by atoms with Gasteiger partial charge in [-0.3, -0.25) is 9.69 Å². The summed E-state index contributed by atoms with van der Waals surface area (Å²) in [4.78, 5) is 14.8. The molecule has 1 saturated heterocycles. The van der Waals surface area contributed by atoms with E-state index in [1.807, 2.05) is 30.3 Å². The average molecular weight is 419 g/mol. The van der Waals surface area contributed by atoms with Crippen LogP contribution in [0.2, 0.25) is 0 Å². The number of carbonyl (C=O) groups is 1. The van der Waals surface area contributed by atoms with E-state index in [-0.39, 0.29) is 11.9 Å². The van der Waals surface area contributed by atoms with Gasteiger partial charge in [0.15, 0.2) is 0 Å². The highest BCUT2D eigenvalue weighted by molar-refractivity contribution is 5.76. The zero-order valence-corrected chi connectivity index (χ0v) is 18.9. The van der Waals surface area contributed by atoms with Gasteiger partial charge in [0, 0.05) is 26.1 Å². The van der Waals surface area contributed by atoms with Gasteiger partial charge in [-0.2, -0.15) is 0 Å². The van der Waals surface area contributed by atoms with Gasteiger partial charge in [-0.1, -0.05) is 88.6 Å². The van der Waals surface area contributed by atoms with Gasteiger partial charge in [-0.25, -0.2) is 0 Å². The van der Waals surface area contributed by atoms with Crippen LogP contribution in [0.3, 0.4) is 0 Å². The molecule has 1 aromatic carbocycles. The highest BCUT2D eigenvalue weighted by Crippen LogP contribution is 2.18. The molecule has 2 rings (SSSR count). The summed E-state index contributed by atoms with van der Waals surface area (Å²) in [7, 11) is 0. The van der Waals surface area contributed by atoms with E-state index >= 15 is 0 Å². The first-order valence-electron chi connectivity index (χ1n) is 12.0. The van der Waals surface area contributed by atoms with E-state index in [2.05, 4.69) is 17.1 Å². The first kappa shape index (κ1) is 24.8. The van der Waals surface area contributed by atoms with Crippen molar-refractivity contribution in [1.82, 2.24) is 10.2 Å². The number of morpholine rings is 1. The number of nitrogens with one attached hydrogen (secondary N) is 1. The maximum Gasteiger partial charge on any atom is 0.220 e. The Morgan fingerprint density at radius 2 is 1.60 bits per heavy atom. The predicted molar refractivity (Wildman–Crippen MR) is 122 cm³/mol. The fraction of sp³-hybridized carbons (Fsp3) is 0.720. The number of benzene rings is 1. The second kappa shape index (κ2) is 15.4. The molecule has 0 spiro atoms. The third-order valence-electron chi connectivity index (χ3n) is 5.93. The molecular formula is C25H42N2O3. The summed E-state index contributed by atoms with van der Waals surface area (Å²) in [5, 5.41) is 14.0. The van der Waals surface area contributed by atoms with Gasteiger partial charge in [0.25, 0.3) is 0 Å². The van der Waals surface area contributed by atoms with Gasteiger partial charge in [0.1, 0.15) is 6.10 Å². The number of aliphatic hydroxyl groups excluding tert-OH is 1. The second-order valence-electron chi connectivity index (χ2n) is 8.52. The number of hydrogen-bond donors (Lipinski definition) is 2. The van der Waals surface area contributed by atoms with Gasteiger partial charge in [0.2, 0.25) is 5.91 Å². The van der Waals surface area contributed by atoms with E-state index in [1.54, 1.807) is 0 Å². The lowest BCUT2D eigenvalue weighted by atomic mass is 10.0. The van der Waals surface area contributed by atoms with Crippen molar-refractivity contribution in [3.63, 3.8) is 0 Å². The lowest BCUT2D eigenvalue weighted by Gasteiger charge is -2.33. The molecule has 0 aliphatic carbocycles. The molecule has 0 bridgehead atoms. The molecule has 5 nitrogen and oxygen atoms in total. The van der Waals surface area contributed by atoms with E-state index in [9.17, 15) is 9.90 Å². The SMILES string of the molecule is CCCCCCCCCCCC(=O)N[C@H](CN1CCOCC1)[C@H](O)c1ccccc1. The molecule has 170 valence electrons. The lowest BCUT2D eigenvalue weighted by molar-refractivity contribution is -0.123. The Hall–Kier alpha value is -1.43. The minimum absolute atomic E-state index is 0.0474. The molecule has 30 heavy (non-hydrogen) atoms. The molecule has 5 heteroatoms. The molecule has 0 unspecified atom stereocenters. The molecular weight excluding hydrogens is 376 g/mol. The first-order chi connectivity index (χ1) is 14.7.